The van der Waals surface area contributed by atoms with Crippen LogP contribution in [0.1, 0.15) is 98.1 Å². The van der Waals surface area contributed by atoms with Gasteiger partial charge < -0.3 is 47.7 Å². The van der Waals surface area contributed by atoms with Crippen molar-refractivity contribution in [2.75, 3.05) is 13.2 Å². The first kappa shape index (κ1) is 48.2. The summed E-state index contributed by atoms with van der Waals surface area (Å²) in [4.78, 5) is 116. The molecule has 67 heavy (non-hydrogen) atoms. The lowest BCUT2D eigenvalue weighted by molar-refractivity contribution is -0.385. The highest BCUT2D eigenvalue weighted by Crippen LogP contribution is 2.70. The second-order valence-electron chi connectivity index (χ2n) is 17.7. The molecule has 8 unspecified atom stereocenters. The average Bonchev–Trinajstić information content (AvgIpc) is 3.51. The van der Waals surface area contributed by atoms with Gasteiger partial charge in [-0.3, -0.25) is 29.0 Å². The van der Waals surface area contributed by atoms with Crippen LogP contribution in [-0.2, 0) is 66.6 Å². The molecule has 356 valence electrons. The molecular weight excluding hydrogens is 879 g/mol. The Balaban J connectivity index is 1.65. The maximum Gasteiger partial charge on any atom is 0.340 e. The summed E-state index contributed by atoms with van der Waals surface area (Å²) in [6.07, 6.45) is -11.1. The highest BCUT2D eigenvalue weighted by Gasteiger charge is 2.92. The monoisotopic (exact) mass is 929 g/mol. The molecular formula is C48H51NO18. The van der Waals surface area contributed by atoms with Crippen molar-refractivity contribution in [2.24, 2.45) is 17.3 Å². The molecule has 2 aliphatic carbocycles. The summed E-state index contributed by atoms with van der Waals surface area (Å²) >= 11 is 0. The Labute approximate surface area is 384 Å². The number of hydrogen-bond acceptors (Lipinski definition) is 19. The number of hydrogen-bond donors (Lipinski definition) is 1. The fraction of sp³-hybridized carbons (Fsp3) is 0.479. The van der Waals surface area contributed by atoms with Gasteiger partial charge in [0.05, 0.1) is 34.2 Å². The van der Waals surface area contributed by atoms with Crippen molar-refractivity contribution in [3.8, 4) is 0 Å². The van der Waals surface area contributed by atoms with Gasteiger partial charge in [-0.05, 0) is 50.2 Å². The van der Waals surface area contributed by atoms with E-state index in [1.165, 1.54) is 68.6 Å². The van der Waals surface area contributed by atoms with E-state index >= 15 is 0 Å². The van der Waals surface area contributed by atoms with Crippen molar-refractivity contribution in [3.63, 3.8) is 0 Å². The van der Waals surface area contributed by atoms with Gasteiger partial charge in [0.25, 0.3) is 0 Å². The minimum absolute atomic E-state index is 0.0377. The van der Waals surface area contributed by atoms with Crippen LogP contribution in [0.25, 0.3) is 0 Å². The van der Waals surface area contributed by atoms with Gasteiger partial charge in [0.15, 0.2) is 30.0 Å². The van der Waals surface area contributed by atoms with Gasteiger partial charge in [0.1, 0.15) is 42.0 Å². The molecule has 4 bridgehead atoms. The van der Waals surface area contributed by atoms with Crippen molar-refractivity contribution in [3.05, 3.63) is 101 Å². The highest BCUT2D eigenvalue weighted by molar-refractivity contribution is 5.92. The smallest absolute Gasteiger partial charge is 0.340 e. The van der Waals surface area contributed by atoms with Crippen LogP contribution >= 0.6 is 0 Å². The third kappa shape index (κ3) is 8.17. The Morgan fingerprint density at radius 3 is 1.78 bits per heavy atom. The predicted molar refractivity (Wildman–Crippen MR) is 225 cm³/mol. The van der Waals surface area contributed by atoms with Crippen LogP contribution in [0.2, 0.25) is 0 Å². The third-order valence-corrected chi connectivity index (χ3v) is 13.3. The van der Waals surface area contributed by atoms with Gasteiger partial charge >= 0.3 is 47.8 Å². The van der Waals surface area contributed by atoms with Crippen LogP contribution < -0.4 is 0 Å². The lowest BCUT2D eigenvalue weighted by atomic mass is 9.45. The molecule has 3 fully saturated rings. The van der Waals surface area contributed by atoms with Gasteiger partial charge in [0, 0.05) is 39.8 Å². The summed E-state index contributed by atoms with van der Waals surface area (Å²) in [5.74, 6) is -12.1. The number of pyridine rings is 1. The van der Waals surface area contributed by atoms with E-state index in [4.69, 9.17) is 42.6 Å². The molecule has 13 atom stereocenters. The molecule has 0 amide bonds. The lowest BCUT2D eigenvalue weighted by Crippen LogP contribution is -2.89. The van der Waals surface area contributed by atoms with Gasteiger partial charge in [-0.25, -0.2) is 14.4 Å². The third-order valence-electron chi connectivity index (χ3n) is 13.3. The molecule has 1 N–H and O–H groups in total. The minimum atomic E-state index is -2.91. The normalized spacial score (nSPS) is 34.1. The van der Waals surface area contributed by atoms with E-state index in [0.29, 0.717) is 0 Å². The average molecular weight is 930 g/mol. The summed E-state index contributed by atoms with van der Waals surface area (Å²) in [6.45, 7) is 7.66. The molecule has 4 aliphatic rings. The fourth-order valence-corrected chi connectivity index (χ4v) is 10.4. The number of cyclic esters (lactones) is 1. The number of rotatable bonds is 9. The summed E-state index contributed by atoms with van der Waals surface area (Å²) in [5.41, 5.74) is -10.7. The van der Waals surface area contributed by atoms with Gasteiger partial charge in [-0.15, -0.1) is 0 Å². The first-order chi connectivity index (χ1) is 31.6. The van der Waals surface area contributed by atoms with Crippen molar-refractivity contribution in [2.45, 2.75) is 115 Å². The van der Waals surface area contributed by atoms with E-state index in [0.717, 1.165) is 34.6 Å². The van der Waals surface area contributed by atoms with Gasteiger partial charge in [-0.2, -0.15) is 0 Å². The van der Waals surface area contributed by atoms with Crippen LogP contribution in [0.4, 0.5) is 0 Å². The van der Waals surface area contributed by atoms with Crippen molar-refractivity contribution in [1.29, 1.82) is 0 Å². The van der Waals surface area contributed by atoms with Crippen molar-refractivity contribution >= 4 is 47.8 Å². The quantitative estimate of drug-likeness (QED) is 0.238. The summed E-state index contributed by atoms with van der Waals surface area (Å²) in [5, 5.41) is 13.9. The molecule has 19 nitrogen and oxygen atoms in total. The number of carbonyl (C=O) groups excluding carboxylic acids is 8. The zero-order valence-electron chi connectivity index (χ0n) is 38.0. The zero-order valence-corrected chi connectivity index (χ0v) is 38.0. The molecule has 1 saturated heterocycles. The Bertz CT molecular complexity index is 2460. The topological polar surface area (TPSA) is 253 Å². The van der Waals surface area contributed by atoms with E-state index in [2.05, 4.69) is 4.98 Å². The molecule has 3 aromatic rings. The SMILES string of the molecule is CC(=O)OCC12C(OC(C)=O)C(OC(C)=O)C3[C@@H](OC(=O)c4ccccc4)C14O[C@@]3(C)COC(=O)c1cccnc1C(C)[C@H](C)C(=O)O[C@@H](C(OC(C)=O)C2OC(=O)c1ccccc1)[C@]4(C)O. The van der Waals surface area contributed by atoms with E-state index in [-0.39, 0.29) is 22.4 Å². The van der Waals surface area contributed by atoms with Crippen LogP contribution in [0.15, 0.2) is 79.0 Å². The Morgan fingerprint density at radius 1 is 0.687 bits per heavy atom. The Kier molecular flexibility index (Phi) is 13.1. The fourth-order valence-electron chi connectivity index (χ4n) is 10.4. The number of fused-ring (bicyclic) bond motifs is 5. The standard InChI is InChI=1S/C48H51NO18/c1-24-25(2)41(54)65-38-36(62-28(5)52)40(66-43(56)31-18-13-10-14-19-31)47(23-59-26(3)50)39(63-29(6)53)35(61-27(4)51)33-37(64-42(55)30-16-11-9-12-17-30)48(47,46(38,8)58)67-45(33,7)22-60-44(57)32-20-15-21-49-34(24)32/h9-21,24-25,33,35-40,58H,22-23H2,1-8H3/t24?,25-,33?,35?,36?,37+,38-,39?,40?,45-,46-,47?,48?/m0/s1. The summed E-state index contributed by atoms with van der Waals surface area (Å²) in [7, 11) is 0. The number of nitrogens with zero attached hydrogens (tertiary/aromatic N) is 1. The first-order valence-electron chi connectivity index (χ1n) is 21.5. The first-order valence-corrected chi connectivity index (χ1v) is 21.5. The minimum Gasteiger partial charge on any atom is -0.465 e. The Morgan fingerprint density at radius 2 is 1.22 bits per heavy atom. The van der Waals surface area contributed by atoms with E-state index in [9.17, 15) is 43.5 Å². The largest absolute Gasteiger partial charge is 0.465 e. The predicted octanol–water partition coefficient (Wildman–Crippen LogP) is 3.62. The number of esters is 8. The van der Waals surface area contributed by atoms with Crippen LogP contribution in [0.3, 0.4) is 0 Å². The number of ether oxygens (including phenoxy) is 9. The number of carbonyl (C=O) groups is 8. The summed E-state index contributed by atoms with van der Waals surface area (Å²) < 4.78 is 56.6. The highest BCUT2D eigenvalue weighted by atomic mass is 16.7. The molecule has 3 heterocycles. The number of benzene rings is 2. The van der Waals surface area contributed by atoms with Crippen molar-refractivity contribution in [1.82, 2.24) is 4.98 Å². The second-order valence-corrected chi connectivity index (χ2v) is 17.7. The van der Waals surface area contributed by atoms with Gasteiger partial charge in [0.2, 0.25) is 0 Å². The molecule has 19 heteroatoms. The zero-order chi connectivity index (χ0) is 48.8. The number of aromatic nitrogens is 1. The summed E-state index contributed by atoms with van der Waals surface area (Å²) in [6, 6.07) is 17.8. The number of aliphatic hydroxyl groups is 1. The lowest BCUT2D eigenvalue weighted by Gasteiger charge is -2.67. The Hall–Kier alpha value is -6.73. The van der Waals surface area contributed by atoms with Crippen molar-refractivity contribution < 1.29 is 86.1 Å². The molecule has 2 saturated carbocycles. The maximum absolute atomic E-state index is 14.8. The van der Waals surface area contributed by atoms with E-state index < -0.39 is 138 Å². The van der Waals surface area contributed by atoms with E-state index in [1.807, 2.05) is 0 Å². The van der Waals surface area contributed by atoms with E-state index in [1.54, 1.807) is 31.2 Å². The molecule has 2 aliphatic heterocycles. The van der Waals surface area contributed by atoms with Crippen LogP contribution in [0.5, 0.6) is 0 Å². The molecule has 1 aromatic heterocycles. The second kappa shape index (κ2) is 18.2. The van der Waals surface area contributed by atoms with Crippen LogP contribution in [-0.4, -0.2) is 124 Å². The van der Waals surface area contributed by atoms with Gasteiger partial charge in [-0.1, -0.05) is 50.2 Å². The molecule has 1 spiro atoms. The molecule has 2 aromatic carbocycles. The van der Waals surface area contributed by atoms with Crippen LogP contribution in [0, 0.1) is 17.3 Å². The molecule has 0 radical (unpaired) electrons. The maximum atomic E-state index is 14.8. The molecule has 7 rings (SSSR count).